The maximum Gasteiger partial charge on any atom is 0.186 e. The van der Waals surface area contributed by atoms with E-state index < -0.39 is 0 Å². The lowest BCUT2D eigenvalue weighted by molar-refractivity contribution is -0.109. The van der Waals surface area contributed by atoms with Crippen LogP contribution in [-0.4, -0.2) is 16.0 Å². The molecule has 0 saturated heterocycles. The van der Waals surface area contributed by atoms with Crippen molar-refractivity contribution < 1.29 is 9.90 Å². The van der Waals surface area contributed by atoms with Crippen LogP contribution in [0, 0.1) is 11.8 Å². The molecule has 0 spiro atoms. The first-order chi connectivity index (χ1) is 6.72. The van der Waals surface area contributed by atoms with E-state index in [1.807, 2.05) is 12.1 Å². The Labute approximate surface area is 91.3 Å². The molecule has 1 heterocycles. The van der Waals surface area contributed by atoms with Gasteiger partial charge in [0.2, 0.25) is 0 Å². The number of aliphatic hydroxyl groups is 1. The molecule has 74 valence electrons. The molecule has 2 nitrogen and oxygen atoms in total. The molecule has 4 heteroatoms. The third-order valence-corrected chi connectivity index (χ3v) is 3.06. The van der Waals surface area contributed by atoms with E-state index in [-0.39, 0.29) is 11.7 Å². The summed E-state index contributed by atoms with van der Waals surface area (Å²) in [6.45, 7) is 1.59. The maximum atomic E-state index is 10.6. The quantitative estimate of drug-likeness (QED) is 0.782. The summed E-state index contributed by atoms with van der Waals surface area (Å²) >= 11 is 2.68. The van der Waals surface area contributed by atoms with E-state index in [4.69, 9.17) is 5.11 Å². The van der Waals surface area contributed by atoms with E-state index in [9.17, 15) is 4.79 Å². The molecule has 0 amide bonds. The SMILES string of the molecule is CC(=O)SCC#Cc1ccc(CO)s1. The van der Waals surface area contributed by atoms with E-state index in [2.05, 4.69) is 11.8 Å². The number of aliphatic hydroxyl groups excluding tert-OH is 1. The third-order valence-electron chi connectivity index (χ3n) is 1.38. The lowest BCUT2D eigenvalue weighted by Gasteiger charge is -1.84. The largest absolute Gasteiger partial charge is 0.391 e. The zero-order valence-corrected chi connectivity index (χ0v) is 9.37. The van der Waals surface area contributed by atoms with E-state index >= 15 is 0 Å². The third kappa shape index (κ3) is 3.97. The van der Waals surface area contributed by atoms with Crippen molar-refractivity contribution in [3.63, 3.8) is 0 Å². The van der Waals surface area contributed by atoms with Gasteiger partial charge in [-0.05, 0) is 12.1 Å². The minimum absolute atomic E-state index is 0.0640. The van der Waals surface area contributed by atoms with Gasteiger partial charge in [-0.2, -0.15) is 0 Å². The van der Waals surface area contributed by atoms with Gasteiger partial charge in [-0.3, -0.25) is 4.79 Å². The lowest BCUT2D eigenvalue weighted by atomic mass is 10.4. The van der Waals surface area contributed by atoms with Crippen LogP contribution in [0.5, 0.6) is 0 Å². The van der Waals surface area contributed by atoms with Gasteiger partial charge in [0.25, 0.3) is 0 Å². The second kappa shape index (κ2) is 5.86. The smallest absolute Gasteiger partial charge is 0.186 e. The van der Waals surface area contributed by atoms with Crippen molar-refractivity contribution in [3.05, 3.63) is 21.9 Å². The molecule has 0 unspecified atom stereocenters. The summed E-state index contributed by atoms with van der Waals surface area (Å²) in [6.07, 6.45) is 0. The second-order valence-electron chi connectivity index (χ2n) is 2.51. The van der Waals surface area contributed by atoms with E-state index in [0.29, 0.717) is 5.75 Å². The number of thioether (sulfide) groups is 1. The number of hydrogen-bond donors (Lipinski definition) is 1. The van der Waals surface area contributed by atoms with Gasteiger partial charge >= 0.3 is 0 Å². The number of hydrogen-bond acceptors (Lipinski definition) is 4. The number of thiophene rings is 1. The zero-order valence-electron chi connectivity index (χ0n) is 7.74. The molecule has 0 fully saturated rings. The summed E-state index contributed by atoms with van der Waals surface area (Å²) in [4.78, 5) is 12.4. The molecule has 14 heavy (non-hydrogen) atoms. The molecule has 1 rings (SSSR count). The van der Waals surface area contributed by atoms with Crippen LogP contribution in [0.1, 0.15) is 16.7 Å². The summed E-state index contributed by atoms with van der Waals surface area (Å²) in [5, 5.41) is 8.89. The Balaban J connectivity index is 2.46. The van der Waals surface area contributed by atoms with Gasteiger partial charge in [-0.25, -0.2) is 0 Å². The minimum Gasteiger partial charge on any atom is -0.391 e. The average Bonchev–Trinajstić information content (AvgIpc) is 2.60. The molecule has 0 aromatic carbocycles. The van der Waals surface area contributed by atoms with Crippen LogP contribution in [0.3, 0.4) is 0 Å². The highest BCUT2D eigenvalue weighted by Crippen LogP contribution is 2.14. The van der Waals surface area contributed by atoms with Crippen molar-refractivity contribution in [3.8, 4) is 11.8 Å². The van der Waals surface area contributed by atoms with Crippen LogP contribution in [-0.2, 0) is 11.4 Å². The molecule has 0 bridgehead atoms. The van der Waals surface area contributed by atoms with Gasteiger partial charge in [0, 0.05) is 11.8 Å². The van der Waals surface area contributed by atoms with Gasteiger partial charge in [-0.15, -0.1) is 11.3 Å². The number of carbonyl (C=O) groups excluding carboxylic acids is 1. The van der Waals surface area contributed by atoms with Gasteiger partial charge in [-0.1, -0.05) is 23.6 Å². The molecular formula is C10H10O2S2. The molecule has 0 atom stereocenters. The highest BCUT2D eigenvalue weighted by molar-refractivity contribution is 8.13. The average molecular weight is 226 g/mol. The normalized spacial score (nSPS) is 9.29. The maximum absolute atomic E-state index is 10.6. The number of carbonyl (C=O) groups is 1. The fraction of sp³-hybridized carbons (Fsp3) is 0.300. The van der Waals surface area contributed by atoms with Crippen molar-refractivity contribution in [2.45, 2.75) is 13.5 Å². The topological polar surface area (TPSA) is 37.3 Å². The molecule has 1 aromatic rings. The van der Waals surface area contributed by atoms with Crippen molar-refractivity contribution in [2.75, 3.05) is 5.75 Å². The highest BCUT2D eigenvalue weighted by atomic mass is 32.2. The van der Waals surface area contributed by atoms with Crippen LogP contribution in [0.15, 0.2) is 12.1 Å². The standard InChI is InChI=1S/C10H10O2S2/c1-8(12)13-6-2-3-9-4-5-10(7-11)14-9/h4-5,11H,6-7H2,1H3. The Morgan fingerprint density at radius 3 is 3.00 bits per heavy atom. The summed E-state index contributed by atoms with van der Waals surface area (Å²) in [6, 6.07) is 3.73. The molecule has 1 N–H and O–H groups in total. The molecule has 0 saturated carbocycles. The van der Waals surface area contributed by atoms with Gasteiger partial charge in [0.1, 0.15) is 0 Å². The number of rotatable bonds is 2. The predicted molar refractivity (Wildman–Crippen MR) is 60.3 cm³/mol. The van der Waals surface area contributed by atoms with Crippen molar-refractivity contribution in [2.24, 2.45) is 0 Å². The fourth-order valence-electron chi connectivity index (χ4n) is 0.791. The van der Waals surface area contributed by atoms with Crippen LogP contribution < -0.4 is 0 Å². The monoisotopic (exact) mass is 226 g/mol. The summed E-state index contributed by atoms with van der Waals surface area (Å²) in [5.74, 6) is 6.36. The molecule has 1 aromatic heterocycles. The molecule has 0 radical (unpaired) electrons. The van der Waals surface area contributed by atoms with Gasteiger partial charge in [0.05, 0.1) is 17.2 Å². The Bertz CT molecular complexity index is 371. The van der Waals surface area contributed by atoms with Crippen molar-refractivity contribution in [1.82, 2.24) is 0 Å². The van der Waals surface area contributed by atoms with Crippen LogP contribution in [0.4, 0.5) is 0 Å². The van der Waals surface area contributed by atoms with E-state index in [1.165, 1.54) is 30.0 Å². The van der Waals surface area contributed by atoms with Crippen LogP contribution in [0.25, 0.3) is 0 Å². The van der Waals surface area contributed by atoms with E-state index in [0.717, 1.165) is 9.75 Å². The van der Waals surface area contributed by atoms with Crippen LogP contribution in [0.2, 0.25) is 0 Å². The van der Waals surface area contributed by atoms with Crippen molar-refractivity contribution >= 4 is 28.2 Å². The highest BCUT2D eigenvalue weighted by Gasteiger charge is 1.94. The Kier molecular flexibility index (Phi) is 4.74. The zero-order chi connectivity index (χ0) is 10.4. The Hall–Kier alpha value is -0.760. The van der Waals surface area contributed by atoms with E-state index in [1.54, 1.807) is 0 Å². The second-order valence-corrected chi connectivity index (χ2v) is 4.83. The molecule has 0 aliphatic heterocycles. The minimum atomic E-state index is 0.0640. The summed E-state index contributed by atoms with van der Waals surface area (Å²) < 4.78 is 0. The first kappa shape index (κ1) is 11.3. The van der Waals surface area contributed by atoms with Crippen LogP contribution >= 0.6 is 23.1 Å². The fourth-order valence-corrected chi connectivity index (χ4v) is 1.88. The molecule has 0 aliphatic carbocycles. The molecular weight excluding hydrogens is 216 g/mol. The Morgan fingerprint density at radius 1 is 1.64 bits per heavy atom. The lowest BCUT2D eigenvalue weighted by Crippen LogP contribution is -1.81. The summed E-state index contributed by atoms with van der Waals surface area (Å²) in [7, 11) is 0. The van der Waals surface area contributed by atoms with Crippen molar-refractivity contribution in [1.29, 1.82) is 0 Å². The molecule has 0 aliphatic rings. The summed E-state index contributed by atoms with van der Waals surface area (Å²) in [5.41, 5.74) is 0. The van der Waals surface area contributed by atoms with Gasteiger partial charge < -0.3 is 5.11 Å². The Morgan fingerprint density at radius 2 is 2.43 bits per heavy atom. The van der Waals surface area contributed by atoms with Gasteiger partial charge in [0.15, 0.2) is 5.12 Å². The first-order valence-electron chi connectivity index (χ1n) is 4.04. The first-order valence-corrected chi connectivity index (χ1v) is 5.84. The predicted octanol–water partition coefficient (Wildman–Crippen LogP) is 1.87.